The molecule has 0 aliphatic carbocycles. The summed E-state index contributed by atoms with van der Waals surface area (Å²) in [6, 6.07) is 7.35. The SMILES string of the molecule is CCOC(=O)c1ccc(N(C)Cc2ccsc2)c(N)c1. The van der Waals surface area contributed by atoms with E-state index in [0.717, 1.165) is 12.2 Å². The van der Waals surface area contributed by atoms with E-state index < -0.39 is 0 Å². The van der Waals surface area contributed by atoms with Crippen LogP contribution in [0.1, 0.15) is 22.8 Å². The lowest BCUT2D eigenvalue weighted by molar-refractivity contribution is 0.0526. The monoisotopic (exact) mass is 290 g/mol. The van der Waals surface area contributed by atoms with Crippen molar-refractivity contribution in [3.05, 3.63) is 46.2 Å². The highest BCUT2D eigenvalue weighted by Crippen LogP contribution is 2.25. The predicted molar refractivity (Wildman–Crippen MR) is 83.2 cm³/mol. The minimum absolute atomic E-state index is 0.341. The molecule has 2 rings (SSSR count). The maximum Gasteiger partial charge on any atom is 0.338 e. The second-order valence-electron chi connectivity index (χ2n) is 4.48. The number of anilines is 2. The van der Waals surface area contributed by atoms with Crippen molar-refractivity contribution in [1.82, 2.24) is 0 Å². The van der Waals surface area contributed by atoms with Gasteiger partial charge in [-0.2, -0.15) is 11.3 Å². The van der Waals surface area contributed by atoms with Crippen molar-refractivity contribution in [2.24, 2.45) is 0 Å². The third kappa shape index (κ3) is 3.30. The maximum atomic E-state index is 11.6. The van der Waals surface area contributed by atoms with Gasteiger partial charge in [0.05, 0.1) is 23.5 Å². The van der Waals surface area contributed by atoms with Crippen molar-refractivity contribution in [3.63, 3.8) is 0 Å². The number of hydrogen-bond donors (Lipinski definition) is 1. The van der Waals surface area contributed by atoms with E-state index in [-0.39, 0.29) is 5.97 Å². The highest BCUT2D eigenvalue weighted by Gasteiger charge is 2.11. The quantitative estimate of drug-likeness (QED) is 0.679. The van der Waals surface area contributed by atoms with Gasteiger partial charge in [0, 0.05) is 13.6 Å². The van der Waals surface area contributed by atoms with Gasteiger partial charge in [-0.05, 0) is 47.5 Å². The van der Waals surface area contributed by atoms with Gasteiger partial charge in [0.15, 0.2) is 0 Å². The molecular weight excluding hydrogens is 272 g/mol. The van der Waals surface area contributed by atoms with Crippen LogP contribution in [0, 0.1) is 0 Å². The van der Waals surface area contributed by atoms with Crippen LogP contribution in [0.2, 0.25) is 0 Å². The number of nitrogens with two attached hydrogens (primary N) is 1. The Kier molecular flexibility index (Phi) is 4.63. The molecule has 0 aliphatic heterocycles. The molecule has 0 bridgehead atoms. The Hall–Kier alpha value is -2.01. The molecule has 0 atom stereocenters. The third-order valence-electron chi connectivity index (χ3n) is 2.95. The average molecular weight is 290 g/mol. The zero-order chi connectivity index (χ0) is 14.5. The standard InChI is InChI=1S/C15H18N2O2S/c1-3-19-15(18)12-4-5-14(13(16)8-12)17(2)9-11-6-7-20-10-11/h4-8,10H,3,9,16H2,1-2H3. The maximum absolute atomic E-state index is 11.6. The molecule has 106 valence electrons. The molecule has 1 aromatic heterocycles. The molecule has 1 heterocycles. The molecule has 2 N–H and O–H groups in total. The lowest BCUT2D eigenvalue weighted by Crippen LogP contribution is -2.18. The van der Waals surface area contributed by atoms with E-state index in [9.17, 15) is 4.79 Å². The van der Waals surface area contributed by atoms with Crippen LogP contribution in [0.3, 0.4) is 0 Å². The van der Waals surface area contributed by atoms with Crippen LogP contribution in [0.15, 0.2) is 35.0 Å². The van der Waals surface area contributed by atoms with Gasteiger partial charge in [0.1, 0.15) is 0 Å². The molecule has 2 aromatic rings. The summed E-state index contributed by atoms with van der Waals surface area (Å²) in [5.74, 6) is -0.341. The fourth-order valence-electron chi connectivity index (χ4n) is 1.99. The number of carbonyl (C=O) groups excluding carboxylic acids is 1. The van der Waals surface area contributed by atoms with Crippen LogP contribution in [0.5, 0.6) is 0 Å². The van der Waals surface area contributed by atoms with Crippen LogP contribution in [-0.4, -0.2) is 19.6 Å². The molecule has 0 radical (unpaired) electrons. The number of esters is 1. The fourth-order valence-corrected chi connectivity index (χ4v) is 2.65. The van der Waals surface area contributed by atoms with E-state index >= 15 is 0 Å². The van der Waals surface area contributed by atoms with E-state index in [1.807, 2.05) is 13.1 Å². The van der Waals surface area contributed by atoms with Crippen LogP contribution in [0.25, 0.3) is 0 Å². The summed E-state index contributed by atoms with van der Waals surface area (Å²) in [4.78, 5) is 13.7. The van der Waals surface area contributed by atoms with E-state index in [1.54, 1.807) is 30.4 Å². The van der Waals surface area contributed by atoms with Crippen LogP contribution in [0.4, 0.5) is 11.4 Å². The zero-order valence-electron chi connectivity index (χ0n) is 11.6. The Labute approximate surface area is 122 Å². The molecule has 20 heavy (non-hydrogen) atoms. The van der Waals surface area contributed by atoms with Gasteiger partial charge in [0.25, 0.3) is 0 Å². The molecule has 0 fully saturated rings. The average Bonchev–Trinajstić information content (AvgIpc) is 2.91. The summed E-state index contributed by atoms with van der Waals surface area (Å²) in [6.07, 6.45) is 0. The van der Waals surface area contributed by atoms with Crippen LogP contribution < -0.4 is 10.6 Å². The number of nitrogens with zero attached hydrogens (tertiary/aromatic N) is 1. The molecule has 1 aromatic carbocycles. The fraction of sp³-hybridized carbons (Fsp3) is 0.267. The van der Waals surface area contributed by atoms with Crippen molar-refractivity contribution in [1.29, 1.82) is 0 Å². The Morgan fingerprint density at radius 3 is 2.80 bits per heavy atom. The molecule has 0 spiro atoms. The number of benzene rings is 1. The second-order valence-corrected chi connectivity index (χ2v) is 5.26. The largest absolute Gasteiger partial charge is 0.462 e. The van der Waals surface area contributed by atoms with Gasteiger partial charge in [-0.3, -0.25) is 0 Å². The molecule has 0 saturated carbocycles. The highest BCUT2D eigenvalue weighted by atomic mass is 32.1. The van der Waals surface area contributed by atoms with Crippen LogP contribution >= 0.6 is 11.3 Å². The first kappa shape index (κ1) is 14.4. The number of ether oxygens (including phenoxy) is 1. The van der Waals surface area contributed by atoms with Gasteiger partial charge >= 0.3 is 5.97 Å². The molecule has 4 nitrogen and oxygen atoms in total. The third-order valence-corrected chi connectivity index (χ3v) is 3.68. The summed E-state index contributed by atoms with van der Waals surface area (Å²) in [5.41, 5.74) is 9.25. The number of thiophene rings is 1. The molecule has 0 unspecified atom stereocenters. The summed E-state index contributed by atoms with van der Waals surface area (Å²) < 4.78 is 4.96. The Morgan fingerprint density at radius 2 is 2.20 bits per heavy atom. The Balaban J connectivity index is 2.14. The van der Waals surface area contributed by atoms with Crippen molar-refractivity contribution in [3.8, 4) is 0 Å². The lowest BCUT2D eigenvalue weighted by atomic mass is 10.1. The molecule has 0 aliphatic rings. The Morgan fingerprint density at radius 1 is 1.40 bits per heavy atom. The minimum atomic E-state index is -0.341. The normalized spacial score (nSPS) is 10.3. The van der Waals surface area contributed by atoms with E-state index in [0.29, 0.717) is 17.9 Å². The van der Waals surface area contributed by atoms with Crippen molar-refractivity contribution in [2.45, 2.75) is 13.5 Å². The van der Waals surface area contributed by atoms with Gasteiger partial charge < -0.3 is 15.4 Å². The smallest absolute Gasteiger partial charge is 0.338 e. The van der Waals surface area contributed by atoms with E-state index in [4.69, 9.17) is 10.5 Å². The number of hydrogen-bond acceptors (Lipinski definition) is 5. The highest BCUT2D eigenvalue weighted by molar-refractivity contribution is 7.07. The molecule has 5 heteroatoms. The number of rotatable bonds is 5. The first-order chi connectivity index (χ1) is 9.61. The summed E-state index contributed by atoms with van der Waals surface area (Å²) in [7, 11) is 1.98. The zero-order valence-corrected chi connectivity index (χ0v) is 12.4. The second kappa shape index (κ2) is 6.43. The van der Waals surface area contributed by atoms with E-state index in [1.165, 1.54) is 5.56 Å². The van der Waals surface area contributed by atoms with Crippen molar-refractivity contribution < 1.29 is 9.53 Å². The Bertz CT molecular complexity index is 582. The lowest BCUT2D eigenvalue weighted by Gasteiger charge is -2.21. The van der Waals surface area contributed by atoms with Crippen molar-refractivity contribution in [2.75, 3.05) is 24.3 Å². The number of carbonyl (C=O) groups is 1. The number of nitrogen functional groups attached to an aromatic ring is 1. The minimum Gasteiger partial charge on any atom is -0.462 e. The molecule has 0 amide bonds. The molecular formula is C15H18N2O2S. The summed E-state index contributed by atoms with van der Waals surface area (Å²) in [6.45, 7) is 2.93. The van der Waals surface area contributed by atoms with E-state index in [2.05, 4.69) is 21.7 Å². The van der Waals surface area contributed by atoms with Gasteiger partial charge in [-0.15, -0.1) is 0 Å². The van der Waals surface area contributed by atoms with Crippen molar-refractivity contribution >= 4 is 28.7 Å². The van der Waals surface area contributed by atoms with Gasteiger partial charge in [0.2, 0.25) is 0 Å². The van der Waals surface area contributed by atoms with Gasteiger partial charge in [-0.25, -0.2) is 4.79 Å². The topological polar surface area (TPSA) is 55.6 Å². The molecule has 0 saturated heterocycles. The first-order valence-electron chi connectivity index (χ1n) is 6.40. The summed E-state index contributed by atoms with van der Waals surface area (Å²) in [5, 5.41) is 4.16. The summed E-state index contributed by atoms with van der Waals surface area (Å²) >= 11 is 1.67. The van der Waals surface area contributed by atoms with Gasteiger partial charge in [-0.1, -0.05) is 0 Å². The predicted octanol–water partition coefficient (Wildman–Crippen LogP) is 3.14. The first-order valence-corrected chi connectivity index (χ1v) is 7.35. The van der Waals surface area contributed by atoms with Crippen LogP contribution in [-0.2, 0) is 11.3 Å².